The van der Waals surface area contributed by atoms with Gasteiger partial charge in [0, 0.05) is 26.2 Å². The number of benzene rings is 1. The molecule has 1 amide bonds. The van der Waals surface area contributed by atoms with Crippen molar-refractivity contribution in [3.05, 3.63) is 28.8 Å². The Morgan fingerprint density at radius 2 is 1.89 bits per heavy atom. The molecule has 1 atom stereocenters. The summed E-state index contributed by atoms with van der Waals surface area (Å²) in [6, 6.07) is 3.79. The van der Waals surface area contributed by atoms with Gasteiger partial charge < -0.3 is 10.1 Å². The lowest BCUT2D eigenvalue weighted by atomic mass is 9.99. The number of hydrogen-bond donors (Lipinski definition) is 1. The molecule has 1 aromatic rings. The van der Waals surface area contributed by atoms with Gasteiger partial charge in [-0.3, -0.25) is 4.79 Å². The van der Waals surface area contributed by atoms with E-state index in [2.05, 4.69) is 5.32 Å². The van der Waals surface area contributed by atoms with Crippen molar-refractivity contribution < 1.29 is 17.9 Å². The lowest BCUT2D eigenvalue weighted by molar-refractivity contribution is -0.126. The third kappa shape index (κ3) is 5.78. The molecule has 28 heavy (non-hydrogen) atoms. The summed E-state index contributed by atoms with van der Waals surface area (Å²) in [7, 11) is -3.61. The molecular weight excluding hydrogens is 376 g/mol. The number of piperidine rings is 1. The molecule has 2 rings (SSSR count). The summed E-state index contributed by atoms with van der Waals surface area (Å²) in [6.07, 6.45) is 2.34. The highest BCUT2D eigenvalue weighted by molar-refractivity contribution is 7.89. The molecule has 0 unspecified atom stereocenters. The molecule has 6 nitrogen and oxygen atoms in total. The Hall–Kier alpha value is -1.44. The van der Waals surface area contributed by atoms with Crippen molar-refractivity contribution in [2.24, 2.45) is 5.92 Å². The molecule has 1 heterocycles. The first-order valence-electron chi connectivity index (χ1n) is 10.1. The third-order valence-electron chi connectivity index (χ3n) is 5.03. The van der Waals surface area contributed by atoms with Gasteiger partial charge in [-0.05, 0) is 65.0 Å². The average Bonchev–Trinajstić information content (AvgIpc) is 2.60. The van der Waals surface area contributed by atoms with Gasteiger partial charge in [-0.25, -0.2) is 8.42 Å². The normalized spacial score (nSPS) is 18.4. The van der Waals surface area contributed by atoms with Crippen LogP contribution >= 0.6 is 0 Å². The molecule has 1 aromatic carbocycles. The highest BCUT2D eigenvalue weighted by atomic mass is 32.2. The van der Waals surface area contributed by atoms with E-state index in [1.54, 1.807) is 0 Å². The average molecular weight is 411 g/mol. The van der Waals surface area contributed by atoms with Crippen LogP contribution < -0.4 is 5.32 Å². The molecule has 1 fully saturated rings. The quantitative estimate of drug-likeness (QED) is 0.669. The number of carbonyl (C=O) groups excluding carboxylic acids is 1. The molecule has 0 radical (unpaired) electrons. The number of hydrogen-bond acceptors (Lipinski definition) is 4. The van der Waals surface area contributed by atoms with Crippen LogP contribution in [0.25, 0.3) is 0 Å². The second kappa shape index (κ2) is 9.85. The monoisotopic (exact) mass is 410 g/mol. The van der Waals surface area contributed by atoms with Crippen molar-refractivity contribution in [1.29, 1.82) is 0 Å². The second-order valence-corrected chi connectivity index (χ2v) is 9.87. The number of nitrogens with one attached hydrogen (secondary N) is 1. The zero-order valence-corrected chi connectivity index (χ0v) is 18.6. The Kier molecular flexibility index (Phi) is 8.04. The summed E-state index contributed by atoms with van der Waals surface area (Å²) in [5.41, 5.74) is 2.56. The van der Waals surface area contributed by atoms with E-state index in [1.807, 2.05) is 46.8 Å². The first-order chi connectivity index (χ1) is 13.1. The van der Waals surface area contributed by atoms with Crippen LogP contribution in [0.5, 0.6) is 0 Å². The maximum absolute atomic E-state index is 13.2. The van der Waals surface area contributed by atoms with Gasteiger partial charge in [-0.1, -0.05) is 17.7 Å². The smallest absolute Gasteiger partial charge is 0.243 e. The van der Waals surface area contributed by atoms with E-state index in [0.29, 0.717) is 37.4 Å². The molecule has 1 saturated heterocycles. The van der Waals surface area contributed by atoms with E-state index in [9.17, 15) is 13.2 Å². The lowest BCUT2D eigenvalue weighted by Gasteiger charge is -2.32. The highest BCUT2D eigenvalue weighted by Crippen LogP contribution is 2.28. The van der Waals surface area contributed by atoms with E-state index < -0.39 is 10.0 Å². The second-order valence-electron chi connectivity index (χ2n) is 7.99. The number of nitrogens with zero attached hydrogens (tertiary/aromatic N) is 1. The number of ether oxygens (including phenoxy) is 1. The van der Waals surface area contributed by atoms with E-state index in [-0.39, 0.29) is 24.5 Å². The summed E-state index contributed by atoms with van der Waals surface area (Å²) in [5, 5.41) is 2.93. The zero-order chi connectivity index (χ0) is 20.9. The van der Waals surface area contributed by atoms with Crippen LogP contribution in [0.2, 0.25) is 0 Å². The van der Waals surface area contributed by atoms with Gasteiger partial charge >= 0.3 is 0 Å². The summed E-state index contributed by atoms with van der Waals surface area (Å²) in [5.74, 6) is -0.373. The fourth-order valence-electron chi connectivity index (χ4n) is 3.82. The molecular formula is C21H34N2O4S. The highest BCUT2D eigenvalue weighted by Gasteiger charge is 2.34. The predicted molar refractivity (Wildman–Crippen MR) is 111 cm³/mol. The van der Waals surface area contributed by atoms with Crippen molar-refractivity contribution in [2.75, 3.05) is 26.2 Å². The topological polar surface area (TPSA) is 75.7 Å². The van der Waals surface area contributed by atoms with Crippen molar-refractivity contribution in [1.82, 2.24) is 9.62 Å². The van der Waals surface area contributed by atoms with Crippen LogP contribution in [0.4, 0.5) is 0 Å². The van der Waals surface area contributed by atoms with Gasteiger partial charge in [-0.2, -0.15) is 4.31 Å². The van der Waals surface area contributed by atoms with Crippen molar-refractivity contribution in [2.45, 2.75) is 64.9 Å². The van der Waals surface area contributed by atoms with Crippen molar-refractivity contribution >= 4 is 15.9 Å². The number of amides is 1. The summed E-state index contributed by atoms with van der Waals surface area (Å²) >= 11 is 0. The van der Waals surface area contributed by atoms with Crippen molar-refractivity contribution in [3.8, 4) is 0 Å². The molecule has 1 aliphatic heterocycles. The molecule has 0 aliphatic carbocycles. The SMILES string of the molecule is Cc1cc(C)c(S(=O)(=O)N2CCC[C@@H](C(=O)NCCCOC(C)C)C2)c(C)c1. The van der Waals surface area contributed by atoms with Gasteiger partial charge in [0.25, 0.3) is 0 Å². The molecule has 0 saturated carbocycles. The Bertz CT molecular complexity index is 767. The molecule has 1 aliphatic rings. The first-order valence-corrected chi connectivity index (χ1v) is 11.5. The Morgan fingerprint density at radius 1 is 1.25 bits per heavy atom. The number of sulfonamides is 1. The standard InChI is InChI=1S/C21H34N2O4S/c1-15(2)27-11-7-9-22-21(24)19-8-6-10-23(14-19)28(25,26)20-17(4)12-16(3)13-18(20)5/h12-13,15,19H,6-11,14H2,1-5H3,(H,22,24)/t19-/m1/s1. The molecule has 7 heteroatoms. The Labute approximate surface area is 169 Å². The molecule has 0 spiro atoms. The van der Waals surface area contributed by atoms with Crippen LogP contribution in [-0.2, 0) is 19.6 Å². The fraction of sp³-hybridized carbons (Fsp3) is 0.667. The van der Waals surface area contributed by atoms with Crippen LogP contribution in [0.1, 0.15) is 49.8 Å². The van der Waals surface area contributed by atoms with Crippen LogP contribution in [0, 0.1) is 26.7 Å². The summed E-state index contributed by atoms with van der Waals surface area (Å²) in [4.78, 5) is 12.9. The van der Waals surface area contributed by atoms with Gasteiger partial charge in [0.1, 0.15) is 0 Å². The maximum atomic E-state index is 13.2. The third-order valence-corrected chi connectivity index (χ3v) is 7.20. The Balaban J connectivity index is 2.01. The summed E-state index contributed by atoms with van der Waals surface area (Å²) in [6.45, 7) is 11.4. The number of aryl methyl sites for hydroxylation is 3. The van der Waals surface area contributed by atoms with Crippen LogP contribution in [0.15, 0.2) is 17.0 Å². The Morgan fingerprint density at radius 3 is 2.50 bits per heavy atom. The minimum absolute atomic E-state index is 0.0678. The number of rotatable bonds is 8. The zero-order valence-electron chi connectivity index (χ0n) is 17.7. The maximum Gasteiger partial charge on any atom is 0.243 e. The van der Waals surface area contributed by atoms with Crippen molar-refractivity contribution in [3.63, 3.8) is 0 Å². The van der Waals surface area contributed by atoms with Gasteiger partial charge in [0.15, 0.2) is 0 Å². The van der Waals surface area contributed by atoms with Gasteiger partial charge in [-0.15, -0.1) is 0 Å². The molecule has 158 valence electrons. The lowest BCUT2D eigenvalue weighted by Crippen LogP contribution is -2.45. The van der Waals surface area contributed by atoms with Crippen LogP contribution in [-0.4, -0.2) is 51.0 Å². The van der Waals surface area contributed by atoms with E-state index in [4.69, 9.17) is 4.74 Å². The predicted octanol–water partition coefficient (Wildman–Crippen LogP) is 2.94. The first kappa shape index (κ1) is 22.8. The van der Waals surface area contributed by atoms with E-state index in [0.717, 1.165) is 23.1 Å². The van der Waals surface area contributed by atoms with E-state index >= 15 is 0 Å². The minimum atomic E-state index is -3.61. The van der Waals surface area contributed by atoms with Gasteiger partial charge in [0.05, 0.1) is 16.9 Å². The largest absolute Gasteiger partial charge is 0.379 e. The van der Waals surface area contributed by atoms with Gasteiger partial charge in [0.2, 0.25) is 15.9 Å². The molecule has 0 bridgehead atoms. The van der Waals surface area contributed by atoms with Crippen LogP contribution in [0.3, 0.4) is 0 Å². The molecule has 1 N–H and O–H groups in total. The minimum Gasteiger partial charge on any atom is -0.379 e. The van der Waals surface area contributed by atoms with E-state index in [1.165, 1.54) is 4.31 Å². The fourth-order valence-corrected chi connectivity index (χ4v) is 5.76. The summed E-state index contributed by atoms with van der Waals surface area (Å²) < 4.78 is 33.4. The molecule has 0 aromatic heterocycles. The number of carbonyl (C=O) groups is 1.